The van der Waals surface area contributed by atoms with Crippen molar-refractivity contribution in [1.29, 1.82) is 0 Å². The van der Waals surface area contributed by atoms with Gasteiger partial charge in [0.15, 0.2) is 0 Å². The van der Waals surface area contributed by atoms with Crippen molar-refractivity contribution >= 4 is 5.69 Å². The molecule has 17 heavy (non-hydrogen) atoms. The Morgan fingerprint density at radius 2 is 2.00 bits per heavy atom. The number of benzene rings is 1. The lowest BCUT2D eigenvalue weighted by molar-refractivity contribution is 0.441. The third-order valence-electron chi connectivity index (χ3n) is 2.29. The SMILES string of the molecule is NNc1ccc(OC2=CCC(F)=CC=C2)cc1. The highest BCUT2D eigenvalue weighted by molar-refractivity contribution is 5.45. The lowest BCUT2D eigenvalue weighted by Gasteiger charge is -2.07. The molecule has 1 aromatic rings. The Morgan fingerprint density at radius 1 is 1.24 bits per heavy atom. The zero-order valence-electron chi connectivity index (χ0n) is 9.19. The Kier molecular flexibility index (Phi) is 3.57. The third-order valence-corrected chi connectivity index (χ3v) is 2.29. The molecule has 0 heterocycles. The van der Waals surface area contributed by atoms with Gasteiger partial charge in [0.25, 0.3) is 0 Å². The summed E-state index contributed by atoms with van der Waals surface area (Å²) in [6.45, 7) is 0. The molecule has 1 aliphatic rings. The largest absolute Gasteiger partial charge is 0.458 e. The van der Waals surface area contributed by atoms with Crippen molar-refractivity contribution in [2.24, 2.45) is 5.84 Å². The third kappa shape index (κ3) is 3.19. The standard InChI is InChI=1S/C13H13FN2O/c14-10-2-1-3-12(7-4-10)17-13-8-5-11(16-15)6-9-13/h1-3,5-9,16H,4,15H2. The van der Waals surface area contributed by atoms with Gasteiger partial charge in [0.2, 0.25) is 0 Å². The molecule has 0 aliphatic heterocycles. The molecule has 0 fully saturated rings. The number of halogens is 1. The zero-order valence-corrected chi connectivity index (χ0v) is 9.19. The number of hydrazine groups is 1. The number of nitrogen functional groups attached to an aromatic ring is 1. The first-order valence-electron chi connectivity index (χ1n) is 5.25. The normalized spacial score (nSPS) is 14.7. The van der Waals surface area contributed by atoms with Gasteiger partial charge in [-0.15, -0.1) is 0 Å². The molecule has 0 amide bonds. The van der Waals surface area contributed by atoms with E-state index in [2.05, 4.69) is 5.43 Å². The fraction of sp³-hybridized carbons (Fsp3) is 0.0769. The van der Waals surface area contributed by atoms with Crippen molar-refractivity contribution in [3.63, 3.8) is 0 Å². The van der Waals surface area contributed by atoms with E-state index in [1.165, 1.54) is 6.08 Å². The minimum atomic E-state index is -0.178. The average Bonchev–Trinajstić information content (AvgIpc) is 2.56. The number of nitrogens with one attached hydrogen (secondary N) is 1. The fourth-order valence-corrected chi connectivity index (χ4v) is 1.41. The van der Waals surface area contributed by atoms with E-state index in [0.29, 0.717) is 11.5 Å². The zero-order chi connectivity index (χ0) is 12.1. The summed E-state index contributed by atoms with van der Waals surface area (Å²) in [4.78, 5) is 0. The smallest absolute Gasteiger partial charge is 0.127 e. The van der Waals surface area contributed by atoms with Gasteiger partial charge in [0, 0.05) is 12.1 Å². The molecule has 0 saturated heterocycles. The molecule has 3 nitrogen and oxygen atoms in total. The predicted octanol–water partition coefficient (Wildman–Crippen LogP) is 3.05. The summed E-state index contributed by atoms with van der Waals surface area (Å²) in [6.07, 6.45) is 6.73. The van der Waals surface area contributed by atoms with Crippen LogP contribution in [0.4, 0.5) is 10.1 Å². The first-order valence-corrected chi connectivity index (χ1v) is 5.25. The molecule has 1 aromatic carbocycles. The van der Waals surface area contributed by atoms with Crippen LogP contribution in [0.25, 0.3) is 0 Å². The van der Waals surface area contributed by atoms with Crippen molar-refractivity contribution in [3.8, 4) is 5.75 Å². The lowest BCUT2D eigenvalue weighted by Crippen LogP contribution is -2.06. The molecule has 1 aliphatic carbocycles. The van der Waals surface area contributed by atoms with Crippen molar-refractivity contribution in [1.82, 2.24) is 0 Å². The highest BCUT2D eigenvalue weighted by atomic mass is 19.1. The van der Waals surface area contributed by atoms with Gasteiger partial charge in [0.05, 0.1) is 0 Å². The van der Waals surface area contributed by atoms with Crippen LogP contribution in [-0.2, 0) is 0 Å². The summed E-state index contributed by atoms with van der Waals surface area (Å²) >= 11 is 0. The van der Waals surface area contributed by atoms with Gasteiger partial charge in [-0.05, 0) is 42.5 Å². The van der Waals surface area contributed by atoms with Gasteiger partial charge in [-0.2, -0.15) is 0 Å². The Bertz CT molecular complexity index is 475. The van der Waals surface area contributed by atoms with Gasteiger partial charge in [-0.25, -0.2) is 4.39 Å². The molecule has 0 bridgehead atoms. The molecule has 2 rings (SSSR count). The number of allylic oxidation sites excluding steroid dienone is 5. The van der Waals surface area contributed by atoms with E-state index in [1.54, 1.807) is 42.5 Å². The predicted molar refractivity (Wildman–Crippen MR) is 65.9 cm³/mol. The molecular weight excluding hydrogens is 219 g/mol. The number of nitrogens with two attached hydrogens (primary N) is 1. The van der Waals surface area contributed by atoms with Crippen LogP contribution < -0.4 is 16.0 Å². The van der Waals surface area contributed by atoms with E-state index in [4.69, 9.17) is 10.6 Å². The van der Waals surface area contributed by atoms with E-state index in [0.717, 1.165) is 5.69 Å². The minimum Gasteiger partial charge on any atom is -0.458 e. The summed E-state index contributed by atoms with van der Waals surface area (Å²) < 4.78 is 18.5. The van der Waals surface area contributed by atoms with Crippen LogP contribution >= 0.6 is 0 Å². The second-order valence-electron chi connectivity index (χ2n) is 3.55. The van der Waals surface area contributed by atoms with Crippen molar-refractivity contribution in [2.75, 3.05) is 5.43 Å². The number of hydrogen-bond donors (Lipinski definition) is 2. The molecule has 0 atom stereocenters. The highest BCUT2D eigenvalue weighted by Gasteiger charge is 2.01. The van der Waals surface area contributed by atoms with Crippen LogP contribution in [-0.4, -0.2) is 0 Å². The lowest BCUT2D eigenvalue weighted by atomic mass is 10.3. The topological polar surface area (TPSA) is 47.3 Å². The minimum absolute atomic E-state index is 0.178. The average molecular weight is 232 g/mol. The van der Waals surface area contributed by atoms with Gasteiger partial charge < -0.3 is 10.2 Å². The Balaban J connectivity index is 2.06. The van der Waals surface area contributed by atoms with Crippen molar-refractivity contribution in [2.45, 2.75) is 6.42 Å². The molecule has 0 spiro atoms. The highest BCUT2D eigenvalue weighted by Crippen LogP contribution is 2.20. The second-order valence-corrected chi connectivity index (χ2v) is 3.55. The Hall–Kier alpha value is -2.07. The monoisotopic (exact) mass is 232 g/mol. The van der Waals surface area contributed by atoms with E-state index >= 15 is 0 Å². The molecule has 88 valence electrons. The molecule has 0 aromatic heterocycles. The van der Waals surface area contributed by atoms with Crippen LogP contribution in [0.15, 0.2) is 60.2 Å². The van der Waals surface area contributed by atoms with Gasteiger partial charge in [-0.1, -0.05) is 6.08 Å². The van der Waals surface area contributed by atoms with E-state index < -0.39 is 0 Å². The summed E-state index contributed by atoms with van der Waals surface area (Å²) in [5.74, 6) is 6.39. The number of rotatable bonds is 3. The first-order chi connectivity index (χ1) is 8.28. The molecule has 0 saturated carbocycles. The Labute approximate surface area is 99.1 Å². The van der Waals surface area contributed by atoms with Crippen LogP contribution in [0.5, 0.6) is 5.75 Å². The van der Waals surface area contributed by atoms with Gasteiger partial charge in [0.1, 0.15) is 17.3 Å². The van der Waals surface area contributed by atoms with Crippen LogP contribution in [0.1, 0.15) is 6.42 Å². The summed E-state index contributed by atoms with van der Waals surface area (Å²) in [6, 6.07) is 7.18. The quantitative estimate of drug-likeness (QED) is 0.622. The molecule has 0 unspecified atom stereocenters. The second kappa shape index (κ2) is 5.32. The van der Waals surface area contributed by atoms with Crippen molar-refractivity contribution in [3.05, 3.63) is 60.2 Å². The Morgan fingerprint density at radius 3 is 2.71 bits per heavy atom. The van der Waals surface area contributed by atoms with E-state index in [1.807, 2.05) is 0 Å². The van der Waals surface area contributed by atoms with E-state index in [-0.39, 0.29) is 12.2 Å². The summed E-state index contributed by atoms with van der Waals surface area (Å²) in [7, 11) is 0. The van der Waals surface area contributed by atoms with E-state index in [9.17, 15) is 4.39 Å². The molecule has 3 N–H and O–H groups in total. The maximum absolute atomic E-state index is 12.9. The van der Waals surface area contributed by atoms with Crippen molar-refractivity contribution < 1.29 is 9.13 Å². The molecular formula is C13H13FN2O. The summed E-state index contributed by atoms with van der Waals surface area (Å²) in [5, 5.41) is 0. The maximum atomic E-state index is 12.9. The van der Waals surface area contributed by atoms with Gasteiger partial charge >= 0.3 is 0 Å². The van der Waals surface area contributed by atoms with Gasteiger partial charge in [-0.3, -0.25) is 5.84 Å². The van der Waals surface area contributed by atoms with Crippen LogP contribution in [0.3, 0.4) is 0 Å². The van der Waals surface area contributed by atoms with Crippen LogP contribution in [0, 0.1) is 0 Å². The number of ether oxygens (including phenoxy) is 1. The fourth-order valence-electron chi connectivity index (χ4n) is 1.41. The molecule has 4 heteroatoms. The molecule has 0 radical (unpaired) electrons. The maximum Gasteiger partial charge on any atom is 0.127 e. The number of hydrogen-bond acceptors (Lipinski definition) is 3. The first kappa shape index (κ1) is 11.4. The number of anilines is 1. The van der Waals surface area contributed by atoms with Crippen LogP contribution in [0.2, 0.25) is 0 Å². The summed E-state index contributed by atoms with van der Waals surface area (Å²) in [5.41, 5.74) is 3.33.